The maximum Gasteiger partial charge on any atom is 0.152 e. The minimum atomic E-state index is -1.66. The van der Waals surface area contributed by atoms with Gasteiger partial charge in [-0.3, -0.25) is 0 Å². The molecule has 0 aliphatic rings. The van der Waals surface area contributed by atoms with Crippen LogP contribution in [-0.4, -0.2) is 13.1 Å². The molecule has 0 saturated heterocycles. The fourth-order valence-electron chi connectivity index (χ4n) is 3.25. The highest BCUT2D eigenvalue weighted by Gasteiger charge is 2.25. The van der Waals surface area contributed by atoms with Crippen LogP contribution in [0.4, 0.5) is 8.78 Å². The average Bonchev–Trinajstić information content (AvgIpc) is 2.93. The molecule has 0 aliphatic heterocycles. The van der Waals surface area contributed by atoms with Crippen LogP contribution in [0.15, 0.2) is 53.1 Å². The van der Waals surface area contributed by atoms with Gasteiger partial charge in [-0.1, -0.05) is 43.9 Å². The van der Waals surface area contributed by atoms with Gasteiger partial charge in [-0.15, -0.1) is 0 Å². The second kappa shape index (κ2) is 5.49. The number of halogens is 2. The molecule has 0 unspecified atom stereocenters. The zero-order chi connectivity index (χ0) is 17.8. The van der Waals surface area contributed by atoms with Crippen LogP contribution in [0.1, 0.15) is 0 Å². The topological polar surface area (TPSA) is 26.0 Å². The van der Waals surface area contributed by atoms with Crippen LogP contribution in [-0.2, 0) is 0 Å². The van der Waals surface area contributed by atoms with E-state index in [-0.39, 0.29) is 5.69 Å². The second-order valence-electron chi connectivity index (χ2n) is 7.20. The number of para-hydroxylation sites is 1. The number of fused-ring (bicyclic) bond motifs is 3. The third-order valence-electron chi connectivity index (χ3n) is 4.40. The number of furan rings is 1. The lowest BCUT2D eigenvalue weighted by atomic mass is 10.1. The van der Waals surface area contributed by atoms with Gasteiger partial charge in [-0.2, -0.15) is 0 Å². The summed E-state index contributed by atoms with van der Waals surface area (Å²) in [6.07, 6.45) is 1.03. The van der Waals surface area contributed by atoms with Gasteiger partial charge in [0.15, 0.2) is 5.82 Å². The third-order valence-corrected chi connectivity index (χ3v) is 6.43. The van der Waals surface area contributed by atoms with E-state index in [1.165, 1.54) is 5.19 Å². The molecule has 0 aliphatic carbocycles. The molecule has 2 aromatic carbocycles. The van der Waals surface area contributed by atoms with Crippen LogP contribution in [0.5, 0.6) is 0 Å². The maximum absolute atomic E-state index is 14.3. The highest BCUT2D eigenvalue weighted by Crippen LogP contribution is 2.36. The van der Waals surface area contributed by atoms with E-state index in [1.54, 1.807) is 0 Å². The van der Waals surface area contributed by atoms with Crippen LogP contribution >= 0.6 is 0 Å². The molecule has 4 aromatic rings. The van der Waals surface area contributed by atoms with Crippen molar-refractivity contribution < 1.29 is 13.2 Å². The summed E-state index contributed by atoms with van der Waals surface area (Å²) in [4.78, 5) is 3.96. The molecule has 2 nitrogen and oxygen atoms in total. The molecule has 0 saturated carbocycles. The van der Waals surface area contributed by atoms with Gasteiger partial charge in [0, 0.05) is 22.4 Å². The zero-order valence-corrected chi connectivity index (χ0v) is 15.2. The SMILES string of the molecule is C[Si](C)(C)c1ccc(-c2ncc(F)cc2F)c2oc3ccccc3c12. The first-order valence-electron chi connectivity index (χ1n) is 8.12. The van der Waals surface area contributed by atoms with Crippen molar-refractivity contribution in [1.29, 1.82) is 0 Å². The molecule has 5 heteroatoms. The van der Waals surface area contributed by atoms with Crippen molar-refractivity contribution in [1.82, 2.24) is 4.98 Å². The number of benzene rings is 2. The molecule has 25 heavy (non-hydrogen) atoms. The Labute approximate surface area is 145 Å². The summed E-state index contributed by atoms with van der Waals surface area (Å²) in [5.41, 5.74) is 2.02. The second-order valence-corrected chi connectivity index (χ2v) is 12.2. The van der Waals surface area contributed by atoms with Gasteiger partial charge in [-0.25, -0.2) is 13.8 Å². The number of nitrogens with zero attached hydrogens (tertiary/aromatic N) is 1. The Morgan fingerprint density at radius 3 is 2.48 bits per heavy atom. The van der Waals surface area contributed by atoms with Gasteiger partial charge in [0.05, 0.1) is 14.3 Å². The number of hydrogen-bond donors (Lipinski definition) is 0. The monoisotopic (exact) mass is 353 g/mol. The Hall–Kier alpha value is -2.53. The zero-order valence-electron chi connectivity index (χ0n) is 14.2. The van der Waals surface area contributed by atoms with E-state index in [4.69, 9.17) is 4.42 Å². The Morgan fingerprint density at radius 2 is 1.76 bits per heavy atom. The van der Waals surface area contributed by atoms with Crippen molar-refractivity contribution in [2.45, 2.75) is 19.6 Å². The lowest BCUT2D eigenvalue weighted by molar-refractivity contribution is 0.575. The largest absolute Gasteiger partial charge is 0.455 e. The normalized spacial score (nSPS) is 12.2. The highest BCUT2D eigenvalue weighted by atomic mass is 28.3. The summed E-state index contributed by atoms with van der Waals surface area (Å²) in [7, 11) is -1.66. The minimum absolute atomic E-state index is 0.104. The summed E-state index contributed by atoms with van der Waals surface area (Å²) in [5.74, 6) is -1.39. The van der Waals surface area contributed by atoms with Gasteiger partial charge in [0.25, 0.3) is 0 Å². The van der Waals surface area contributed by atoms with E-state index in [9.17, 15) is 8.78 Å². The van der Waals surface area contributed by atoms with E-state index in [0.717, 1.165) is 28.6 Å². The number of pyridine rings is 1. The van der Waals surface area contributed by atoms with Crippen LogP contribution < -0.4 is 5.19 Å². The minimum Gasteiger partial charge on any atom is -0.455 e. The maximum atomic E-state index is 14.3. The first-order valence-corrected chi connectivity index (χ1v) is 11.6. The molecule has 0 radical (unpaired) electrons. The molecule has 126 valence electrons. The lowest BCUT2D eigenvalue weighted by Crippen LogP contribution is -2.37. The van der Waals surface area contributed by atoms with Crippen molar-refractivity contribution in [3.63, 3.8) is 0 Å². The van der Waals surface area contributed by atoms with Gasteiger partial charge < -0.3 is 4.42 Å². The predicted molar refractivity (Wildman–Crippen MR) is 99.8 cm³/mol. The fraction of sp³-hybridized carbons (Fsp3) is 0.150. The Morgan fingerprint density at radius 1 is 1.00 bits per heavy atom. The van der Waals surface area contributed by atoms with E-state index in [2.05, 4.69) is 24.6 Å². The van der Waals surface area contributed by atoms with E-state index >= 15 is 0 Å². The Kier molecular flexibility index (Phi) is 3.51. The number of aromatic nitrogens is 1. The first-order chi connectivity index (χ1) is 11.9. The first kappa shape index (κ1) is 16.0. The van der Waals surface area contributed by atoms with E-state index < -0.39 is 19.7 Å². The molecule has 0 atom stereocenters. The lowest BCUT2D eigenvalue weighted by Gasteiger charge is -2.18. The molecular formula is C20H17F2NOSi. The van der Waals surface area contributed by atoms with Gasteiger partial charge >= 0.3 is 0 Å². The molecule has 4 rings (SSSR count). The van der Waals surface area contributed by atoms with Crippen molar-refractivity contribution in [3.05, 3.63) is 60.3 Å². The summed E-state index contributed by atoms with van der Waals surface area (Å²) in [6, 6.07) is 12.5. The predicted octanol–water partition coefficient (Wildman–Crippen LogP) is 5.47. The Bertz CT molecular complexity index is 1110. The van der Waals surface area contributed by atoms with Crippen LogP contribution in [0.25, 0.3) is 33.2 Å². The van der Waals surface area contributed by atoms with Crippen molar-refractivity contribution in [2.75, 3.05) is 0 Å². The molecule has 2 aromatic heterocycles. The highest BCUT2D eigenvalue weighted by molar-refractivity contribution is 6.90. The summed E-state index contributed by atoms with van der Waals surface area (Å²) < 4.78 is 33.6. The van der Waals surface area contributed by atoms with Crippen LogP contribution in [0.2, 0.25) is 19.6 Å². The quantitative estimate of drug-likeness (QED) is 0.447. The molecular weight excluding hydrogens is 336 g/mol. The molecule has 0 spiro atoms. The molecule has 0 N–H and O–H groups in total. The molecule has 2 heterocycles. The van der Waals surface area contributed by atoms with Gasteiger partial charge in [0.1, 0.15) is 22.7 Å². The van der Waals surface area contributed by atoms with E-state index in [1.807, 2.05) is 36.4 Å². The van der Waals surface area contributed by atoms with Crippen molar-refractivity contribution in [3.8, 4) is 11.3 Å². The smallest absolute Gasteiger partial charge is 0.152 e. The van der Waals surface area contributed by atoms with Gasteiger partial charge in [0.2, 0.25) is 0 Å². The number of rotatable bonds is 2. The molecule has 0 fully saturated rings. The number of hydrogen-bond acceptors (Lipinski definition) is 2. The van der Waals surface area contributed by atoms with Crippen LogP contribution in [0, 0.1) is 11.6 Å². The summed E-state index contributed by atoms with van der Waals surface area (Å²) >= 11 is 0. The summed E-state index contributed by atoms with van der Waals surface area (Å²) in [5, 5.41) is 3.27. The van der Waals surface area contributed by atoms with Crippen molar-refractivity contribution in [2.24, 2.45) is 0 Å². The van der Waals surface area contributed by atoms with Crippen LogP contribution in [0.3, 0.4) is 0 Å². The van der Waals surface area contributed by atoms with Gasteiger partial charge in [-0.05, 0) is 17.3 Å². The standard InChI is InChI=1S/C20H17F2NOSi/c1-25(2,3)17-9-8-14(19-15(22)10-12(21)11-23-19)20-18(17)13-6-4-5-7-16(13)24-20/h4-11H,1-3H3. The molecule has 0 amide bonds. The molecule has 0 bridgehead atoms. The summed E-state index contributed by atoms with van der Waals surface area (Å²) in [6.45, 7) is 6.79. The van der Waals surface area contributed by atoms with E-state index in [0.29, 0.717) is 11.1 Å². The fourth-order valence-corrected chi connectivity index (χ4v) is 4.83. The van der Waals surface area contributed by atoms with Crippen molar-refractivity contribution >= 4 is 35.2 Å². The average molecular weight is 353 g/mol. The Balaban J connectivity index is 2.15. The third kappa shape index (κ3) is 2.55.